The number of carbonyl (C=O) groups is 1. The molecule has 0 saturated carbocycles. The molecule has 0 N–H and O–H groups in total. The van der Waals surface area contributed by atoms with Crippen LogP contribution in [0.5, 0.6) is 0 Å². The van der Waals surface area contributed by atoms with Gasteiger partial charge in [-0.25, -0.2) is 4.79 Å². The molecule has 0 atom stereocenters. The summed E-state index contributed by atoms with van der Waals surface area (Å²) in [5.41, 5.74) is 0. The van der Waals surface area contributed by atoms with E-state index in [-0.39, 0.29) is 5.01 Å². The van der Waals surface area contributed by atoms with Crippen LogP contribution in [0.25, 0.3) is 0 Å². The maximum atomic E-state index is 11.4. The fourth-order valence-corrected chi connectivity index (χ4v) is 3.13. The molecule has 0 aliphatic heterocycles. The first-order chi connectivity index (χ1) is 8.70. The smallest absolute Gasteiger partial charge is 0.369 e. The number of esters is 1. The summed E-state index contributed by atoms with van der Waals surface area (Å²) >= 11 is 8.60. The quantitative estimate of drug-likeness (QED) is 0.809. The lowest BCUT2D eigenvalue weighted by Crippen LogP contribution is -2.03. The number of aromatic nitrogens is 2. The molecule has 2 rings (SSSR count). The Bertz CT molecular complexity index is 559. The molecule has 1 heterocycles. The van der Waals surface area contributed by atoms with E-state index >= 15 is 0 Å². The summed E-state index contributed by atoms with van der Waals surface area (Å²) in [7, 11) is 0. The molecule has 0 unspecified atom stereocenters. The number of halogens is 1. The molecule has 0 aliphatic carbocycles. The van der Waals surface area contributed by atoms with E-state index in [0.29, 0.717) is 16.0 Å². The topological polar surface area (TPSA) is 52.1 Å². The second-order valence-electron chi connectivity index (χ2n) is 3.13. The summed E-state index contributed by atoms with van der Waals surface area (Å²) < 4.78 is 5.51. The second kappa shape index (κ2) is 6.17. The Morgan fingerprint density at radius 2 is 2.22 bits per heavy atom. The van der Waals surface area contributed by atoms with Crippen molar-refractivity contribution < 1.29 is 9.53 Å². The Hall–Kier alpha value is -1.11. The fraction of sp³-hybridized carbons (Fsp3) is 0.182. The van der Waals surface area contributed by atoms with Gasteiger partial charge in [0.25, 0.3) is 0 Å². The normalized spacial score (nSPS) is 10.3. The van der Waals surface area contributed by atoms with Crippen LogP contribution in [0, 0.1) is 0 Å². The molecule has 0 radical (unpaired) electrons. The van der Waals surface area contributed by atoms with Crippen molar-refractivity contribution in [3.8, 4) is 0 Å². The number of hydrogen-bond donors (Lipinski definition) is 0. The molecule has 94 valence electrons. The second-order valence-corrected chi connectivity index (χ2v) is 5.80. The van der Waals surface area contributed by atoms with Crippen molar-refractivity contribution in [2.45, 2.75) is 16.2 Å². The zero-order chi connectivity index (χ0) is 13.0. The van der Waals surface area contributed by atoms with Crippen molar-refractivity contribution in [1.82, 2.24) is 10.2 Å². The third kappa shape index (κ3) is 3.22. The minimum Gasteiger partial charge on any atom is -0.461 e. The van der Waals surface area contributed by atoms with Crippen molar-refractivity contribution in [3.05, 3.63) is 34.3 Å². The zero-order valence-electron chi connectivity index (χ0n) is 9.42. The van der Waals surface area contributed by atoms with Crippen molar-refractivity contribution >= 4 is 40.7 Å². The predicted molar refractivity (Wildman–Crippen MR) is 71.4 cm³/mol. The first-order valence-corrected chi connectivity index (χ1v) is 7.15. The van der Waals surface area contributed by atoms with E-state index in [1.807, 2.05) is 18.2 Å². The molecule has 0 bridgehead atoms. The van der Waals surface area contributed by atoms with E-state index in [9.17, 15) is 4.79 Å². The van der Waals surface area contributed by atoms with Crippen LogP contribution in [0.3, 0.4) is 0 Å². The van der Waals surface area contributed by atoms with Gasteiger partial charge in [0.1, 0.15) is 0 Å². The molecule has 7 heteroatoms. The van der Waals surface area contributed by atoms with E-state index < -0.39 is 5.97 Å². The number of ether oxygens (including phenoxy) is 1. The molecule has 0 fully saturated rings. The average molecular weight is 301 g/mol. The number of hydrogen-bond acceptors (Lipinski definition) is 6. The van der Waals surface area contributed by atoms with Crippen LogP contribution in [0.15, 0.2) is 33.5 Å². The highest BCUT2D eigenvalue weighted by molar-refractivity contribution is 8.01. The molecule has 0 saturated heterocycles. The van der Waals surface area contributed by atoms with E-state index in [2.05, 4.69) is 10.2 Å². The summed E-state index contributed by atoms with van der Waals surface area (Å²) in [6.45, 7) is 2.07. The van der Waals surface area contributed by atoms with Crippen LogP contribution < -0.4 is 0 Å². The third-order valence-corrected chi connectivity index (χ3v) is 4.36. The van der Waals surface area contributed by atoms with Gasteiger partial charge in [0, 0.05) is 4.90 Å². The van der Waals surface area contributed by atoms with E-state index in [1.165, 1.54) is 23.1 Å². The first kappa shape index (κ1) is 13.3. The lowest BCUT2D eigenvalue weighted by Gasteiger charge is -1.98. The van der Waals surface area contributed by atoms with Gasteiger partial charge >= 0.3 is 5.97 Å². The predicted octanol–water partition coefficient (Wildman–Crippen LogP) is 3.52. The molecular formula is C11H9ClN2O2S2. The summed E-state index contributed by atoms with van der Waals surface area (Å²) in [4.78, 5) is 12.3. The Labute approximate surface area is 117 Å². The fourth-order valence-electron chi connectivity index (χ4n) is 1.15. The Balaban J connectivity index is 2.12. The molecule has 4 nitrogen and oxygen atoms in total. The minimum absolute atomic E-state index is 0.256. The number of rotatable bonds is 4. The van der Waals surface area contributed by atoms with Crippen LogP contribution in [-0.2, 0) is 4.74 Å². The molecule has 1 aromatic heterocycles. The first-order valence-electron chi connectivity index (χ1n) is 5.13. The van der Waals surface area contributed by atoms with Crippen molar-refractivity contribution in [3.63, 3.8) is 0 Å². The van der Waals surface area contributed by atoms with Crippen LogP contribution in [0.4, 0.5) is 0 Å². The highest BCUT2D eigenvalue weighted by Crippen LogP contribution is 2.34. The Morgan fingerprint density at radius 3 is 2.94 bits per heavy atom. The lowest BCUT2D eigenvalue weighted by molar-refractivity contribution is 0.0525. The molecule has 0 amide bonds. The van der Waals surface area contributed by atoms with Crippen molar-refractivity contribution in [1.29, 1.82) is 0 Å². The number of carbonyl (C=O) groups excluding carboxylic acids is 1. The van der Waals surface area contributed by atoms with Gasteiger partial charge in [-0.05, 0) is 19.1 Å². The maximum Gasteiger partial charge on any atom is 0.369 e. The number of benzene rings is 1. The van der Waals surface area contributed by atoms with Crippen molar-refractivity contribution in [2.75, 3.05) is 6.61 Å². The summed E-state index contributed by atoms with van der Waals surface area (Å²) in [5.74, 6) is -0.444. The standard InChI is InChI=1S/C11H9ClN2O2S2/c1-2-16-10(15)9-13-14-11(18-9)17-8-6-4-3-5-7(8)12/h3-6H,2H2,1H3. The van der Waals surface area contributed by atoms with Gasteiger partial charge in [0.15, 0.2) is 4.34 Å². The van der Waals surface area contributed by atoms with Gasteiger partial charge in [-0.15, -0.1) is 10.2 Å². The van der Waals surface area contributed by atoms with Crippen molar-refractivity contribution in [2.24, 2.45) is 0 Å². The average Bonchev–Trinajstić information content (AvgIpc) is 2.81. The minimum atomic E-state index is -0.444. The molecular weight excluding hydrogens is 292 g/mol. The molecule has 2 aromatic rings. The van der Waals surface area contributed by atoms with Gasteiger partial charge in [0.2, 0.25) is 5.01 Å². The van der Waals surface area contributed by atoms with Crippen LogP contribution in [0.2, 0.25) is 5.02 Å². The highest BCUT2D eigenvalue weighted by Gasteiger charge is 2.14. The van der Waals surface area contributed by atoms with E-state index in [4.69, 9.17) is 16.3 Å². The van der Waals surface area contributed by atoms with Gasteiger partial charge in [-0.1, -0.05) is 46.8 Å². The van der Waals surface area contributed by atoms with E-state index in [1.54, 1.807) is 13.0 Å². The monoisotopic (exact) mass is 300 g/mol. The van der Waals surface area contributed by atoms with Gasteiger partial charge < -0.3 is 4.74 Å². The maximum absolute atomic E-state index is 11.4. The molecule has 18 heavy (non-hydrogen) atoms. The Kier molecular flexibility index (Phi) is 4.57. The van der Waals surface area contributed by atoms with Crippen LogP contribution >= 0.6 is 34.7 Å². The van der Waals surface area contributed by atoms with Gasteiger partial charge in [-0.3, -0.25) is 0 Å². The van der Waals surface area contributed by atoms with Gasteiger partial charge in [0.05, 0.1) is 11.6 Å². The third-order valence-electron chi connectivity index (χ3n) is 1.89. The Morgan fingerprint density at radius 1 is 1.44 bits per heavy atom. The summed E-state index contributed by atoms with van der Waals surface area (Å²) in [5, 5.41) is 8.62. The molecule has 0 spiro atoms. The largest absolute Gasteiger partial charge is 0.461 e. The van der Waals surface area contributed by atoms with E-state index in [0.717, 1.165) is 4.90 Å². The van der Waals surface area contributed by atoms with Crippen LogP contribution in [0.1, 0.15) is 16.7 Å². The summed E-state index contributed by atoms with van der Waals surface area (Å²) in [6.07, 6.45) is 0. The zero-order valence-corrected chi connectivity index (χ0v) is 11.8. The highest BCUT2D eigenvalue weighted by atomic mass is 35.5. The molecule has 0 aliphatic rings. The summed E-state index contributed by atoms with van der Waals surface area (Å²) in [6, 6.07) is 7.44. The number of nitrogens with zero attached hydrogens (tertiary/aromatic N) is 2. The molecule has 1 aromatic carbocycles. The lowest BCUT2D eigenvalue weighted by atomic mass is 10.4. The van der Waals surface area contributed by atoms with Gasteiger partial charge in [-0.2, -0.15) is 0 Å². The van der Waals surface area contributed by atoms with Crippen LogP contribution in [-0.4, -0.2) is 22.8 Å². The SMILES string of the molecule is CCOC(=O)c1nnc(Sc2ccccc2Cl)s1.